The second-order valence-corrected chi connectivity index (χ2v) is 6.68. The maximum Gasteiger partial charge on any atom is 0.247 e. The van der Waals surface area contributed by atoms with Gasteiger partial charge in [0, 0.05) is 25.7 Å². The molecule has 2 saturated heterocycles. The minimum absolute atomic E-state index is 0.0506. The van der Waals surface area contributed by atoms with E-state index in [9.17, 15) is 9.59 Å². The Bertz CT molecular complexity index is 678. The third-order valence-corrected chi connectivity index (χ3v) is 5.03. The zero-order chi connectivity index (χ0) is 18.5. The summed E-state index contributed by atoms with van der Waals surface area (Å²) in [4.78, 5) is 29.1. The fourth-order valence-electron chi connectivity index (χ4n) is 3.49. The molecule has 0 N–H and O–H groups in total. The Hall–Kier alpha value is -2.34. The van der Waals surface area contributed by atoms with E-state index in [2.05, 4.69) is 0 Å². The van der Waals surface area contributed by atoms with Crippen molar-refractivity contribution < 1.29 is 19.1 Å². The second-order valence-electron chi connectivity index (χ2n) is 6.68. The van der Waals surface area contributed by atoms with Gasteiger partial charge in [0.25, 0.3) is 0 Å². The van der Waals surface area contributed by atoms with Gasteiger partial charge in [-0.1, -0.05) is 12.1 Å². The summed E-state index contributed by atoms with van der Waals surface area (Å²) in [6, 6.07) is 7.26. The highest BCUT2D eigenvalue weighted by atomic mass is 16.5. The number of methoxy groups -OCH3 is 1. The van der Waals surface area contributed by atoms with Crippen LogP contribution in [-0.4, -0.2) is 67.6 Å². The molecule has 6 heteroatoms. The quantitative estimate of drug-likeness (QED) is 0.772. The molecular formula is C20H26N2O4. The van der Waals surface area contributed by atoms with E-state index in [0.29, 0.717) is 32.8 Å². The van der Waals surface area contributed by atoms with Gasteiger partial charge in [0.2, 0.25) is 11.8 Å². The number of morpholine rings is 1. The first-order chi connectivity index (χ1) is 12.6. The Labute approximate surface area is 154 Å². The first kappa shape index (κ1) is 18.5. The number of carbonyl (C=O) groups is 2. The number of hydrogen-bond donors (Lipinski definition) is 0. The molecule has 6 nitrogen and oxygen atoms in total. The summed E-state index contributed by atoms with van der Waals surface area (Å²) in [5, 5.41) is 0. The molecule has 0 bridgehead atoms. The van der Waals surface area contributed by atoms with Crippen LogP contribution in [0.15, 0.2) is 30.3 Å². The Balaban J connectivity index is 1.69. The van der Waals surface area contributed by atoms with Crippen molar-refractivity contribution in [2.75, 3.05) is 40.0 Å². The number of likely N-dealkylation sites (tertiary alicyclic amines) is 1. The number of amides is 2. The van der Waals surface area contributed by atoms with Gasteiger partial charge in [0.05, 0.1) is 20.3 Å². The largest absolute Gasteiger partial charge is 0.497 e. The zero-order valence-corrected chi connectivity index (χ0v) is 15.4. The summed E-state index contributed by atoms with van der Waals surface area (Å²) >= 11 is 0. The van der Waals surface area contributed by atoms with Crippen LogP contribution < -0.4 is 4.74 Å². The maximum absolute atomic E-state index is 12.8. The second kappa shape index (κ2) is 8.36. The van der Waals surface area contributed by atoms with E-state index in [0.717, 1.165) is 29.7 Å². The van der Waals surface area contributed by atoms with E-state index < -0.39 is 0 Å². The molecule has 1 aromatic rings. The SMILES string of the molecule is COc1ccc(/C(C)=C/C(=O)N2CCC[C@@H]2C(=O)N2CCOCC2)cc1. The summed E-state index contributed by atoms with van der Waals surface area (Å²) in [7, 11) is 1.63. The number of rotatable bonds is 4. The van der Waals surface area contributed by atoms with Crippen LogP contribution in [0.25, 0.3) is 5.57 Å². The summed E-state index contributed by atoms with van der Waals surface area (Å²) in [5.41, 5.74) is 1.84. The monoisotopic (exact) mass is 358 g/mol. The van der Waals surface area contributed by atoms with Gasteiger partial charge in [0.1, 0.15) is 11.8 Å². The lowest BCUT2D eigenvalue weighted by Gasteiger charge is -2.32. The first-order valence-corrected chi connectivity index (χ1v) is 9.10. The van der Waals surface area contributed by atoms with Crippen molar-refractivity contribution in [3.8, 4) is 5.75 Å². The fourth-order valence-corrected chi connectivity index (χ4v) is 3.49. The molecule has 2 aliphatic heterocycles. The van der Waals surface area contributed by atoms with Gasteiger partial charge in [-0.05, 0) is 43.0 Å². The van der Waals surface area contributed by atoms with Crippen LogP contribution >= 0.6 is 0 Å². The molecule has 2 aliphatic rings. The van der Waals surface area contributed by atoms with Crippen molar-refractivity contribution in [1.82, 2.24) is 9.80 Å². The molecule has 1 aromatic carbocycles. The third-order valence-electron chi connectivity index (χ3n) is 5.03. The van der Waals surface area contributed by atoms with Gasteiger partial charge in [-0.3, -0.25) is 9.59 Å². The van der Waals surface area contributed by atoms with Crippen molar-refractivity contribution in [3.05, 3.63) is 35.9 Å². The predicted molar refractivity (Wildman–Crippen MR) is 98.8 cm³/mol. The van der Waals surface area contributed by atoms with Crippen LogP contribution in [0.1, 0.15) is 25.3 Å². The summed E-state index contributed by atoms with van der Waals surface area (Å²) < 4.78 is 10.5. The van der Waals surface area contributed by atoms with Gasteiger partial charge in [-0.15, -0.1) is 0 Å². The Morgan fingerprint density at radius 2 is 1.85 bits per heavy atom. The fraction of sp³-hybridized carbons (Fsp3) is 0.500. The molecule has 0 spiro atoms. The number of carbonyl (C=O) groups excluding carboxylic acids is 2. The molecule has 2 amide bonds. The molecule has 1 atom stereocenters. The Kier molecular flexibility index (Phi) is 5.93. The van der Waals surface area contributed by atoms with Crippen molar-refractivity contribution in [1.29, 1.82) is 0 Å². The highest BCUT2D eigenvalue weighted by molar-refractivity contribution is 5.98. The smallest absolute Gasteiger partial charge is 0.247 e. The van der Waals surface area contributed by atoms with Crippen LogP contribution in [0.4, 0.5) is 0 Å². The number of ether oxygens (including phenoxy) is 2. The summed E-state index contributed by atoms with van der Waals surface area (Å²) in [6.45, 7) is 4.91. The molecule has 3 rings (SSSR count). The number of allylic oxidation sites excluding steroid dienone is 1. The van der Waals surface area contributed by atoms with Gasteiger partial charge >= 0.3 is 0 Å². The average Bonchev–Trinajstić information content (AvgIpc) is 3.18. The molecule has 0 radical (unpaired) electrons. The van der Waals surface area contributed by atoms with Crippen LogP contribution in [0.3, 0.4) is 0 Å². The average molecular weight is 358 g/mol. The zero-order valence-electron chi connectivity index (χ0n) is 15.4. The lowest BCUT2D eigenvalue weighted by Crippen LogP contribution is -2.50. The van der Waals surface area contributed by atoms with E-state index in [4.69, 9.17) is 9.47 Å². The predicted octanol–water partition coefficient (Wildman–Crippen LogP) is 1.95. The Morgan fingerprint density at radius 3 is 2.50 bits per heavy atom. The molecule has 140 valence electrons. The highest BCUT2D eigenvalue weighted by Crippen LogP contribution is 2.23. The van der Waals surface area contributed by atoms with E-state index in [1.165, 1.54) is 0 Å². The highest BCUT2D eigenvalue weighted by Gasteiger charge is 2.36. The maximum atomic E-state index is 12.8. The molecule has 0 saturated carbocycles. The minimum Gasteiger partial charge on any atom is -0.497 e. The molecule has 0 unspecified atom stereocenters. The van der Waals surface area contributed by atoms with Crippen LogP contribution in [0.2, 0.25) is 0 Å². The number of hydrogen-bond acceptors (Lipinski definition) is 4. The summed E-state index contributed by atoms with van der Waals surface area (Å²) in [5.74, 6) is 0.737. The first-order valence-electron chi connectivity index (χ1n) is 9.10. The van der Waals surface area contributed by atoms with Crippen LogP contribution in [-0.2, 0) is 14.3 Å². The number of benzene rings is 1. The molecule has 2 fully saturated rings. The number of nitrogens with zero attached hydrogens (tertiary/aromatic N) is 2. The van der Waals surface area contributed by atoms with Crippen molar-refractivity contribution in [2.45, 2.75) is 25.8 Å². The molecular weight excluding hydrogens is 332 g/mol. The van der Waals surface area contributed by atoms with E-state index in [1.54, 1.807) is 18.1 Å². The molecule has 26 heavy (non-hydrogen) atoms. The summed E-state index contributed by atoms with van der Waals surface area (Å²) in [6.07, 6.45) is 3.23. The van der Waals surface area contributed by atoms with E-state index >= 15 is 0 Å². The van der Waals surface area contributed by atoms with Gasteiger partial charge < -0.3 is 19.3 Å². The Morgan fingerprint density at radius 1 is 1.15 bits per heavy atom. The lowest BCUT2D eigenvalue weighted by molar-refractivity contribution is -0.144. The molecule has 0 aliphatic carbocycles. The third kappa shape index (κ3) is 4.07. The van der Waals surface area contributed by atoms with E-state index in [-0.39, 0.29) is 17.9 Å². The molecule has 2 heterocycles. The van der Waals surface area contributed by atoms with Crippen molar-refractivity contribution >= 4 is 17.4 Å². The van der Waals surface area contributed by atoms with Crippen molar-refractivity contribution in [3.63, 3.8) is 0 Å². The minimum atomic E-state index is -0.347. The normalized spacial score (nSPS) is 21.0. The topological polar surface area (TPSA) is 59.1 Å². The van der Waals surface area contributed by atoms with Crippen LogP contribution in [0, 0.1) is 0 Å². The van der Waals surface area contributed by atoms with E-state index in [1.807, 2.05) is 36.1 Å². The standard InChI is InChI=1S/C20H26N2O4/c1-15(16-5-7-17(25-2)8-6-16)14-19(23)22-9-3-4-18(22)20(24)21-10-12-26-13-11-21/h5-8,14,18H,3-4,9-13H2,1-2H3/b15-14+/t18-/m1/s1. The lowest BCUT2D eigenvalue weighted by atomic mass is 10.1. The van der Waals surface area contributed by atoms with Crippen LogP contribution in [0.5, 0.6) is 5.75 Å². The van der Waals surface area contributed by atoms with Gasteiger partial charge in [0.15, 0.2) is 0 Å². The van der Waals surface area contributed by atoms with Crippen molar-refractivity contribution in [2.24, 2.45) is 0 Å². The van der Waals surface area contributed by atoms with Gasteiger partial charge in [-0.2, -0.15) is 0 Å². The van der Waals surface area contributed by atoms with Gasteiger partial charge in [-0.25, -0.2) is 0 Å². The molecule has 0 aromatic heterocycles.